The maximum atomic E-state index is 6.05. The number of aliphatic imine (C=N–C) groups is 1. The van der Waals surface area contributed by atoms with E-state index in [-0.39, 0.29) is 24.0 Å². The molecular formula is C15H23ClIN3O. The minimum absolute atomic E-state index is 0. The van der Waals surface area contributed by atoms with Crippen molar-refractivity contribution in [2.45, 2.75) is 25.3 Å². The molecule has 0 spiro atoms. The molecule has 21 heavy (non-hydrogen) atoms. The highest BCUT2D eigenvalue weighted by molar-refractivity contribution is 14.0. The average Bonchev–Trinajstić information content (AvgIpc) is 2.40. The van der Waals surface area contributed by atoms with Gasteiger partial charge in [0.1, 0.15) is 12.4 Å². The van der Waals surface area contributed by atoms with Gasteiger partial charge in [-0.25, -0.2) is 0 Å². The summed E-state index contributed by atoms with van der Waals surface area (Å²) in [7, 11) is 3.83. The molecule has 0 saturated heterocycles. The molecule has 0 unspecified atom stereocenters. The molecule has 0 bridgehead atoms. The number of hydrogen-bond acceptors (Lipinski definition) is 2. The monoisotopic (exact) mass is 423 g/mol. The van der Waals surface area contributed by atoms with Crippen LogP contribution < -0.4 is 10.1 Å². The quantitative estimate of drug-likeness (QED) is 0.448. The molecule has 0 radical (unpaired) electrons. The van der Waals surface area contributed by atoms with Crippen molar-refractivity contribution in [3.05, 3.63) is 29.3 Å². The molecule has 0 amide bonds. The van der Waals surface area contributed by atoms with Crippen molar-refractivity contribution in [1.29, 1.82) is 0 Å². The van der Waals surface area contributed by atoms with Gasteiger partial charge in [0.25, 0.3) is 0 Å². The van der Waals surface area contributed by atoms with Gasteiger partial charge in [-0.3, -0.25) is 4.99 Å². The largest absolute Gasteiger partial charge is 0.490 e. The Hall–Kier alpha value is -0.690. The molecule has 4 nitrogen and oxygen atoms in total. The first-order valence-electron chi connectivity index (χ1n) is 7.02. The minimum atomic E-state index is 0. The number of rotatable bonds is 5. The molecule has 1 aromatic rings. The van der Waals surface area contributed by atoms with Crippen LogP contribution in [0.2, 0.25) is 5.02 Å². The van der Waals surface area contributed by atoms with Crippen LogP contribution in [0.5, 0.6) is 5.75 Å². The van der Waals surface area contributed by atoms with Gasteiger partial charge in [0, 0.05) is 20.1 Å². The van der Waals surface area contributed by atoms with E-state index in [9.17, 15) is 0 Å². The number of para-hydroxylation sites is 1. The lowest BCUT2D eigenvalue weighted by Gasteiger charge is -2.31. The Morgan fingerprint density at radius 1 is 1.43 bits per heavy atom. The first kappa shape index (κ1) is 18.4. The summed E-state index contributed by atoms with van der Waals surface area (Å²) in [6, 6.07) is 8.11. The van der Waals surface area contributed by atoms with Gasteiger partial charge in [-0.05, 0) is 31.4 Å². The number of hydrogen-bond donors (Lipinski definition) is 1. The summed E-state index contributed by atoms with van der Waals surface area (Å²) >= 11 is 6.05. The van der Waals surface area contributed by atoms with Gasteiger partial charge >= 0.3 is 0 Å². The van der Waals surface area contributed by atoms with E-state index in [1.54, 1.807) is 0 Å². The number of guanidine groups is 1. The fraction of sp³-hybridized carbons (Fsp3) is 0.533. The third kappa shape index (κ3) is 5.54. The summed E-state index contributed by atoms with van der Waals surface area (Å²) in [6.45, 7) is 1.34. The molecule has 0 aromatic heterocycles. The number of nitrogens with one attached hydrogen (secondary N) is 1. The predicted molar refractivity (Wildman–Crippen MR) is 99.1 cm³/mol. The maximum Gasteiger partial charge on any atom is 0.193 e. The minimum Gasteiger partial charge on any atom is -0.490 e. The smallest absolute Gasteiger partial charge is 0.193 e. The second kappa shape index (κ2) is 9.35. The molecular weight excluding hydrogens is 401 g/mol. The molecule has 1 fully saturated rings. The Bertz CT molecular complexity index is 466. The van der Waals surface area contributed by atoms with Crippen LogP contribution in [0.3, 0.4) is 0 Å². The van der Waals surface area contributed by atoms with Crippen LogP contribution in [0.4, 0.5) is 0 Å². The Kier molecular flexibility index (Phi) is 8.18. The van der Waals surface area contributed by atoms with Crippen molar-refractivity contribution in [1.82, 2.24) is 10.2 Å². The standard InChI is InChI=1S/C15H22ClN3O.HI/c1-17-15(18-12-6-5-7-12)19(2)10-11-20-14-9-4-3-8-13(14)16;/h3-4,8-9,12H,5-7,10-11H2,1-2H3,(H,17,18);1H. The molecule has 0 aliphatic heterocycles. The van der Waals surface area contributed by atoms with Crippen molar-refractivity contribution in [2.75, 3.05) is 27.2 Å². The molecule has 1 aliphatic rings. The lowest BCUT2D eigenvalue weighted by atomic mass is 9.93. The number of likely N-dealkylation sites (N-methyl/N-ethyl adjacent to an activating group) is 1. The van der Waals surface area contributed by atoms with Crippen molar-refractivity contribution in [2.24, 2.45) is 4.99 Å². The number of ether oxygens (including phenoxy) is 1. The zero-order valence-electron chi connectivity index (χ0n) is 12.5. The summed E-state index contributed by atoms with van der Waals surface area (Å²) in [6.07, 6.45) is 3.79. The maximum absolute atomic E-state index is 6.05. The van der Waals surface area contributed by atoms with E-state index in [0.717, 1.165) is 18.3 Å². The van der Waals surface area contributed by atoms with Crippen molar-refractivity contribution < 1.29 is 4.74 Å². The van der Waals surface area contributed by atoms with Crippen LogP contribution in [0.15, 0.2) is 29.3 Å². The van der Waals surface area contributed by atoms with Crippen LogP contribution in [-0.2, 0) is 0 Å². The molecule has 6 heteroatoms. The Morgan fingerprint density at radius 2 is 2.14 bits per heavy atom. The second-order valence-electron chi connectivity index (χ2n) is 5.02. The normalized spacial score (nSPS) is 14.9. The topological polar surface area (TPSA) is 36.9 Å². The van der Waals surface area contributed by atoms with Gasteiger partial charge in [-0.1, -0.05) is 23.7 Å². The molecule has 0 heterocycles. The molecule has 118 valence electrons. The van der Waals surface area contributed by atoms with Gasteiger partial charge < -0.3 is 15.0 Å². The SMILES string of the molecule is CN=C(NC1CCC1)N(C)CCOc1ccccc1Cl.I. The van der Waals surface area contributed by atoms with Gasteiger partial charge in [0.05, 0.1) is 11.6 Å². The van der Waals surface area contributed by atoms with Crippen LogP contribution in [-0.4, -0.2) is 44.1 Å². The highest BCUT2D eigenvalue weighted by atomic mass is 127. The average molecular weight is 424 g/mol. The summed E-state index contributed by atoms with van der Waals surface area (Å²) < 4.78 is 5.69. The summed E-state index contributed by atoms with van der Waals surface area (Å²) in [5.74, 6) is 1.65. The fourth-order valence-corrected chi connectivity index (χ4v) is 2.23. The predicted octanol–water partition coefficient (Wildman–Crippen LogP) is 3.40. The zero-order valence-corrected chi connectivity index (χ0v) is 15.6. The highest BCUT2D eigenvalue weighted by Crippen LogP contribution is 2.23. The summed E-state index contributed by atoms with van der Waals surface area (Å²) in [5, 5.41) is 4.10. The van der Waals surface area contributed by atoms with E-state index >= 15 is 0 Å². The lowest BCUT2D eigenvalue weighted by Crippen LogP contribution is -2.47. The van der Waals surface area contributed by atoms with Crippen molar-refractivity contribution >= 4 is 41.5 Å². The van der Waals surface area contributed by atoms with E-state index in [4.69, 9.17) is 16.3 Å². The molecule has 1 saturated carbocycles. The third-order valence-electron chi connectivity index (χ3n) is 3.53. The van der Waals surface area contributed by atoms with E-state index < -0.39 is 0 Å². The van der Waals surface area contributed by atoms with E-state index in [2.05, 4.69) is 15.2 Å². The highest BCUT2D eigenvalue weighted by Gasteiger charge is 2.19. The Labute approximate surface area is 148 Å². The van der Waals surface area contributed by atoms with E-state index in [0.29, 0.717) is 17.7 Å². The molecule has 1 aromatic carbocycles. The molecule has 0 atom stereocenters. The van der Waals surface area contributed by atoms with Crippen LogP contribution in [0, 0.1) is 0 Å². The summed E-state index contributed by atoms with van der Waals surface area (Å²) in [5.41, 5.74) is 0. The van der Waals surface area contributed by atoms with Gasteiger partial charge in [-0.15, -0.1) is 24.0 Å². The van der Waals surface area contributed by atoms with Gasteiger partial charge in [0.15, 0.2) is 5.96 Å². The fourth-order valence-electron chi connectivity index (χ4n) is 2.04. The van der Waals surface area contributed by atoms with Crippen LogP contribution in [0.1, 0.15) is 19.3 Å². The third-order valence-corrected chi connectivity index (χ3v) is 3.84. The van der Waals surface area contributed by atoms with E-state index in [1.165, 1.54) is 19.3 Å². The van der Waals surface area contributed by atoms with Gasteiger partial charge in [-0.2, -0.15) is 0 Å². The van der Waals surface area contributed by atoms with Crippen LogP contribution in [0.25, 0.3) is 0 Å². The zero-order chi connectivity index (χ0) is 14.4. The number of halogens is 2. The number of nitrogens with zero attached hydrogens (tertiary/aromatic N) is 2. The Balaban J connectivity index is 0.00000220. The second-order valence-corrected chi connectivity index (χ2v) is 5.43. The number of benzene rings is 1. The Morgan fingerprint density at radius 3 is 2.71 bits per heavy atom. The first-order valence-corrected chi connectivity index (χ1v) is 7.40. The van der Waals surface area contributed by atoms with Crippen LogP contribution >= 0.6 is 35.6 Å². The van der Waals surface area contributed by atoms with Gasteiger partial charge in [0.2, 0.25) is 0 Å². The molecule has 1 aliphatic carbocycles. The lowest BCUT2D eigenvalue weighted by molar-refractivity contribution is 0.277. The molecule has 1 N–H and O–H groups in total. The van der Waals surface area contributed by atoms with Crippen molar-refractivity contribution in [3.8, 4) is 5.75 Å². The summed E-state index contributed by atoms with van der Waals surface area (Å²) in [4.78, 5) is 6.38. The van der Waals surface area contributed by atoms with Crippen molar-refractivity contribution in [3.63, 3.8) is 0 Å². The van der Waals surface area contributed by atoms with E-state index in [1.807, 2.05) is 38.4 Å². The first-order chi connectivity index (χ1) is 9.70. The molecule has 2 rings (SSSR count).